The summed E-state index contributed by atoms with van der Waals surface area (Å²) in [6.07, 6.45) is 1.81. The van der Waals surface area contributed by atoms with E-state index >= 15 is 0 Å². The lowest BCUT2D eigenvalue weighted by atomic mass is 10.0. The molecule has 0 atom stereocenters. The molecule has 134 valence electrons. The van der Waals surface area contributed by atoms with Gasteiger partial charge in [-0.25, -0.2) is 4.79 Å². The lowest BCUT2D eigenvalue weighted by Crippen LogP contribution is -2.19. The van der Waals surface area contributed by atoms with E-state index in [0.29, 0.717) is 22.3 Å². The van der Waals surface area contributed by atoms with Gasteiger partial charge in [0.25, 0.3) is 0 Å². The first-order chi connectivity index (χ1) is 12.4. The number of aliphatic hydroxyl groups excluding tert-OH is 1. The molecular weight excluding hydrogens is 354 g/mol. The molecule has 0 fully saturated rings. The normalized spacial score (nSPS) is 11.0. The summed E-state index contributed by atoms with van der Waals surface area (Å²) in [5.74, 6) is -1.28. The van der Waals surface area contributed by atoms with E-state index < -0.39 is 11.4 Å². The van der Waals surface area contributed by atoms with Crippen LogP contribution in [0.1, 0.15) is 27.0 Å². The Labute approximate surface area is 155 Å². The molecule has 0 amide bonds. The van der Waals surface area contributed by atoms with Crippen LogP contribution in [0, 0.1) is 6.92 Å². The second-order valence-corrected chi connectivity index (χ2v) is 6.62. The Balaban J connectivity index is 2.15. The van der Waals surface area contributed by atoms with Crippen molar-refractivity contribution in [2.75, 3.05) is 6.61 Å². The highest BCUT2D eigenvalue weighted by atomic mass is 35.5. The molecule has 3 rings (SSSR count). The summed E-state index contributed by atoms with van der Waals surface area (Å²) in [6, 6.07) is 11.1. The Morgan fingerprint density at radius 1 is 1.19 bits per heavy atom. The van der Waals surface area contributed by atoms with Crippen molar-refractivity contribution < 1.29 is 15.0 Å². The minimum atomic E-state index is -1.28. The van der Waals surface area contributed by atoms with Gasteiger partial charge in [-0.05, 0) is 42.7 Å². The molecule has 0 aliphatic carbocycles. The second kappa shape index (κ2) is 7.32. The molecule has 2 N–H and O–H groups in total. The van der Waals surface area contributed by atoms with Gasteiger partial charge in [0.15, 0.2) is 0 Å². The summed E-state index contributed by atoms with van der Waals surface area (Å²) in [7, 11) is 0. The molecule has 6 heteroatoms. The molecule has 0 saturated carbocycles. The van der Waals surface area contributed by atoms with Crippen molar-refractivity contribution in [1.82, 2.24) is 4.57 Å². The monoisotopic (exact) mass is 371 g/mol. The van der Waals surface area contributed by atoms with Gasteiger partial charge in [-0.3, -0.25) is 4.79 Å². The van der Waals surface area contributed by atoms with Crippen molar-refractivity contribution in [3.8, 4) is 0 Å². The molecule has 0 saturated heterocycles. The van der Waals surface area contributed by atoms with Crippen LogP contribution in [0.5, 0.6) is 0 Å². The molecule has 0 unspecified atom stereocenters. The van der Waals surface area contributed by atoms with E-state index in [9.17, 15) is 19.8 Å². The fourth-order valence-corrected chi connectivity index (χ4v) is 3.24. The van der Waals surface area contributed by atoms with Gasteiger partial charge >= 0.3 is 5.97 Å². The van der Waals surface area contributed by atoms with Crippen molar-refractivity contribution in [1.29, 1.82) is 0 Å². The minimum Gasteiger partial charge on any atom is -0.477 e. The lowest BCUT2D eigenvalue weighted by Gasteiger charge is -2.13. The zero-order valence-corrected chi connectivity index (χ0v) is 15.0. The van der Waals surface area contributed by atoms with E-state index in [1.165, 1.54) is 6.20 Å². The number of benzene rings is 2. The number of carboxylic acids is 1. The first kappa shape index (κ1) is 18.2. The summed E-state index contributed by atoms with van der Waals surface area (Å²) in [5.41, 5.74) is 2.64. The van der Waals surface area contributed by atoms with Crippen LogP contribution < -0.4 is 5.43 Å². The zero-order valence-electron chi connectivity index (χ0n) is 14.2. The summed E-state index contributed by atoms with van der Waals surface area (Å²) in [5, 5.41) is 19.5. The number of hydrogen-bond donors (Lipinski definition) is 2. The maximum absolute atomic E-state index is 12.6. The predicted molar refractivity (Wildman–Crippen MR) is 101 cm³/mol. The summed E-state index contributed by atoms with van der Waals surface area (Å²) >= 11 is 6.26. The van der Waals surface area contributed by atoms with Crippen LogP contribution in [0.3, 0.4) is 0 Å². The van der Waals surface area contributed by atoms with Crippen LogP contribution in [0.25, 0.3) is 10.9 Å². The first-order valence-electron chi connectivity index (χ1n) is 8.16. The number of rotatable bonds is 5. The molecule has 0 radical (unpaired) electrons. The smallest absolute Gasteiger partial charge is 0.341 e. The number of aromatic carboxylic acids is 1. The number of pyridine rings is 1. The van der Waals surface area contributed by atoms with Gasteiger partial charge in [0, 0.05) is 23.2 Å². The van der Waals surface area contributed by atoms with Gasteiger partial charge in [-0.1, -0.05) is 35.4 Å². The van der Waals surface area contributed by atoms with Gasteiger partial charge in [0.1, 0.15) is 5.56 Å². The molecule has 0 aliphatic heterocycles. The van der Waals surface area contributed by atoms with E-state index in [1.54, 1.807) is 16.7 Å². The molecule has 0 bridgehead atoms. The highest BCUT2D eigenvalue weighted by molar-refractivity contribution is 6.31. The van der Waals surface area contributed by atoms with Crippen LogP contribution in [-0.4, -0.2) is 27.4 Å². The summed E-state index contributed by atoms with van der Waals surface area (Å²) < 4.78 is 1.59. The third kappa shape index (κ3) is 3.49. The highest BCUT2D eigenvalue weighted by Gasteiger charge is 2.15. The SMILES string of the molecule is Cc1ccc(Cl)c(Cc2ccc3c(c2)c(=O)c(C(=O)O)cn3CCO)c1. The first-order valence-corrected chi connectivity index (χ1v) is 8.53. The molecular formula is C20H18ClNO4. The summed E-state index contributed by atoms with van der Waals surface area (Å²) in [6.45, 7) is 2.03. The van der Waals surface area contributed by atoms with E-state index in [4.69, 9.17) is 11.6 Å². The predicted octanol–water partition coefficient (Wildman–Crippen LogP) is 3.24. The topological polar surface area (TPSA) is 79.5 Å². The van der Waals surface area contributed by atoms with Crippen molar-refractivity contribution in [2.45, 2.75) is 19.9 Å². The van der Waals surface area contributed by atoms with Crippen molar-refractivity contribution in [3.05, 3.63) is 80.1 Å². The Morgan fingerprint density at radius 3 is 2.65 bits per heavy atom. The quantitative estimate of drug-likeness (QED) is 0.721. The number of aliphatic hydroxyl groups is 1. The Bertz CT molecular complexity index is 1060. The van der Waals surface area contributed by atoms with Gasteiger partial charge in [0.2, 0.25) is 5.43 Å². The number of aromatic nitrogens is 1. The molecule has 5 nitrogen and oxygen atoms in total. The van der Waals surface area contributed by atoms with Crippen LogP contribution in [-0.2, 0) is 13.0 Å². The van der Waals surface area contributed by atoms with Crippen molar-refractivity contribution in [3.63, 3.8) is 0 Å². The minimum absolute atomic E-state index is 0.155. The Kier molecular flexibility index (Phi) is 5.11. The number of nitrogens with zero attached hydrogens (tertiary/aromatic N) is 1. The standard InChI is InChI=1S/C20H18ClNO4/c1-12-2-4-17(21)14(8-12)9-13-3-5-18-15(10-13)19(24)16(20(25)26)11-22(18)6-7-23/h2-5,8,10-11,23H,6-7,9H2,1H3,(H,25,26). The van der Waals surface area contributed by atoms with Crippen LogP contribution in [0.4, 0.5) is 0 Å². The maximum atomic E-state index is 12.6. The molecule has 2 aromatic carbocycles. The molecule has 1 aromatic heterocycles. The maximum Gasteiger partial charge on any atom is 0.341 e. The number of halogens is 1. The second-order valence-electron chi connectivity index (χ2n) is 6.22. The fourth-order valence-electron chi connectivity index (χ4n) is 3.06. The van der Waals surface area contributed by atoms with Crippen LogP contribution >= 0.6 is 11.6 Å². The highest BCUT2D eigenvalue weighted by Crippen LogP contribution is 2.23. The third-order valence-corrected chi connectivity index (χ3v) is 4.68. The van der Waals surface area contributed by atoms with Crippen LogP contribution in [0.2, 0.25) is 5.02 Å². The number of carbonyl (C=O) groups is 1. The van der Waals surface area contributed by atoms with E-state index in [2.05, 4.69) is 0 Å². The zero-order chi connectivity index (χ0) is 18.8. The van der Waals surface area contributed by atoms with E-state index in [-0.39, 0.29) is 18.7 Å². The van der Waals surface area contributed by atoms with E-state index in [0.717, 1.165) is 16.7 Å². The number of aryl methyl sites for hydroxylation is 1. The molecule has 3 aromatic rings. The number of carboxylic acid groups (broad SMARTS) is 1. The average molecular weight is 372 g/mol. The lowest BCUT2D eigenvalue weighted by molar-refractivity contribution is 0.0694. The third-order valence-electron chi connectivity index (χ3n) is 4.31. The number of hydrogen-bond acceptors (Lipinski definition) is 3. The van der Waals surface area contributed by atoms with Gasteiger partial charge in [-0.15, -0.1) is 0 Å². The van der Waals surface area contributed by atoms with Gasteiger partial charge < -0.3 is 14.8 Å². The van der Waals surface area contributed by atoms with E-state index in [1.807, 2.05) is 31.2 Å². The largest absolute Gasteiger partial charge is 0.477 e. The summed E-state index contributed by atoms with van der Waals surface area (Å²) in [4.78, 5) is 24.0. The van der Waals surface area contributed by atoms with Crippen LogP contribution in [0.15, 0.2) is 47.4 Å². The average Bonchev–Trinajstić information content (AvgIpc) is 2.60. The van der Waals surface area contributed by atoms with Gasteiger partial charge in [-0.2, -0.15) is 0 Å². The van der Waals surface area contributed by atoms with Crippen molar-refractivity contribution >= 4 is 28.5 Å². The number of fused-ring (bicyclic) bond motifs is 1. The molecule has 26 heavy (non-hydrogen) atoms. The molecule has 1 heterocycles. The Morgan fingerprint density at radius 2 is 1.96 bits per heavy atom. The Hall–Kier alpha value is -2.63. The molecule has 0 spiro atoms. The molecule has 0 aliphatic rings. The van der Waals surface area contributed by atoms with Gasteiger partial charge in [0.05, 0.1) is 12.1 Å². The van der Waals surface area contributed by atoms with Crippen molar-refractivity contribution in [2.24, 2.45) is 0 Å². The fraction of sp³-hybridized carbons (Fsp3) is 0.200.